The number of aromatic amines is 1. The predicted molar refractivity (Wildman–Crippen MR) is 96.0 cm³/mol. The van der Waals surface area contributed by atoms with Crippen molar-refractivity contribution < 1.29 is 4.79 Å². The molecule has 2 heterocycles. The SMILES string of the molecule is Cc1ccc(NCCCNC(=O)[C@H](C)Cc2c(C)n[nH]c2C)nc1. The van der Waals surface area contributed by atoms with E-state index in [1.165, 1.54) is 0 Å². The number of aromatic nitrogens is 3. The first kappa shape index (κ1) is 18.0. The average molecular weight is 329 g/mol. The van der Waals surface area contributed by atoms with E-state index in [2.05, 4.69) is 25.8 Å². The van der Waals surface area contributed by atoms with Gasteiger partial charge in [0.2, 0.25) is 5.91 Å². The van der Waals surface area contributed by atoms with Crippen LogP contribution in [0.4, 0.5) is 5.82 Å². The number of aryl methyl sites for hydroxylation is 3. The molecule has 1 atom stereocenters. The molecule has 1 amide bonds. The van der Waals surface area contributed by atoms with Crippen LogP contribution in [0.5, 0.6) is 0 Å². The number of hydrogen-bond acceptors (Lipinski definition) is 4. The summed E-state index contributed by atoms with van der Waals surface area (Å²) >= 11 is 0. The van der Waals surface area contributed by atoms with Crippen LogP contribution in [0, 0.1) is 26.7 Å². The molecule has 3 N–H and O–H groups in total. The highest BCUT2D eigenvalue weighted by Gasteiger charge is 2.16. The predicted octanol–water partition coefficient (Wildman–Crippen LogP) is 2.53. The maximum absolute atomic E-state index is 12.2. The molecular weight excluding hydrogens is 302 g/mol. The van der Waals surface area contributed by atoms with E-state index in [4.69, 9.17) is 0 Å². The lowest BCUT2D eigenvalue weighted by Gasteiger charge is -2.13. The van der Waals surface area contributed by atoms with Crippen molar-refractivity contribution in [3.05, 3.63) is 40.8 Å². The van der Waals surface area contributed by atoms with Crippen molar-refractivity contribution in [1.82, 2.24) is 20.5 Å². The molecule has 0 bridgehead atoms. The van der Waals surface area contributed by atoms with Crippen molar-refractivity contribution in [2.45, 2.75) is 40.5 Å². The molecule has 0 saturated heterocycles. The summed E-state index contributed by atoms with van der Waals surface area (Å²) in [5.74, 6) is 0.890. The number of rotatable bonds is 8. The van der Waals surface area contributed by atoms with E-state index in [1.54, 1.807) is 0 Å². The molecule has 2 rings (SSSR count). The van der Waals surface area contributed by atoms with Gasteiger partial charge in [0, 0.05) is 30.9 Å². The number of pyridine rings is 1. The lowest BCUT2D eigenvalue weighted by molar-refractivity contribution is -0.124. The Morgan fingerprint density at radius 3 is 2.67 bits per heavy atom. The summed E-state index contributed by atoms with van der Waals surface area (Å²) in [4.78, 5) is 16.5. The van der Waals surface area contributed by atoms with Crippen LogP contribution in [0.1, 0.15) is 35.9 Å². The molecule has 2 aromatic rings. The zero-order valence-electron chi connectivity index (χ0n) is 14.9. The molecule has 0 unspecified atom stereocenters. The van der Waals surface area contributed by atoms with Gasteiger partial charge in [-0.25, -0.2) is 4.98 Å². The summed E-state index contributed by atoms with van der Waals surface area (Å²) < 4.78 is 0. The molecule has 0 fully saturated rings. The highest BCUT2D eigenvalue weighted by molar-refractivity contribution is 5.78. The van der Waals surface area contributed by atoms with Crippen LogP contribution in [0.25, 0.3) is 0 Å². The van der Waals surface area contributed by atoms with Crippen LogP contribution in [0.2, 0.25) is 0 Å². The summed E-state index contributed by atoms with van der Waals surface area (Å²) in [5.41, 5.74) is 4.30. The molecule has 0 aromatic carbocycles. The number of H-pyrrole nitrogens is 1. The number of hydrogen-bond donors (Lipinski definition) is 3. The molecule has 0 aliphatic heterocycles. The van der Waals surface area contributed by atoms with E-state index >= 15 is 0 Å². The average Bonchev–Trinajstić information content (AvgIpc) is 2.88. The fraction of sp³-hybridized carbons (Fsp3) is 0.500. The molecule has 24 heavy (non-hydrogen) atoms. The van der Waals surface area contributed by atoms with Crippen LogP contribution < -0.4 is 10.6 Å². The molecule has 0 aliphatic carbocycles. The fourth-order valence-corrected chi connectivity index (χ4v) is 2.54. The van der Waals surface area contributed by atoms with Crippen molar-refractivity contribution in [2.75, 3.05) is 18.4 Å². The van der Waals surface area contributed by atoms with Crippen LogP contribution in [-0.4, -0.2) is 34.2 Å². The second-order valence-corrected chi connectivity index (χ2v) is 6.31. The number of amides is 1. The first-order chi connectivity index (χ1) is 11.5. The summed E-state index contributed by atoms with van der Waals surface area (Å²) in [6.45, 7) is 9.37. The van der Waals surface area contributed by atoms with Crippen LogP contribution in [-0.2, 0) is 11.2 Å². The zero-order valence-corrected chi connectivity index (χ0v) is 14.9. The first-order valence-corrected chi connectivity index (χ1v) is 8.42. The van der Waals surface area contributed by atoms with E-state index in [-0.39, 0.29) is 11.8 Å². The first-order valence-electron chi connectivity index (χ1n) is 8.42. The van der Waals surface area contributed by atoms with E-state index < -0.39 is 0 Å². The molecule has 0 radical (unpaired) electrons. The van der Waals surface area contributed by atoms with Gasteiger partial charge < -0.3 is 10.6 Å². The molecule has 0 aliphatic rings. The largest absolute Gasteiger partial charge is 0.370 e. The molecule has 6 heteroatoms. The highest BCUT2D eigenvalue weighted by atomic mass is 16.1. The quantitative estimate of drug-likeness (QED) is 0.650. The molecular formula is C18H27N5O. The monoisotopic (exact) mass is 329 g/mol. The van der Waals surface area contributed by atoms with Gasteiger partial charge in [-0.05, 0) is 50.8 Å². The normalized spacial score (nSPS) is 12.0. The highest BCUT2D eigenvalue weighted by Crippen LogP contribution is 2.15. The maximum Gasteiger partial charge on any atom is 0.223 e. The number of carbonyl (C=O) groups is 1. The van der Waals surface area contributed by atoms with Crippen molar-refractivity contribution >= 4 is 11.7 Å². The van der Waals surface area contributed by atoms with E-state index in [1.807, 2.05) is 46.0 Å². The van der Waals surface area contributed by atoms with E-state index in [0.29, 0.717) is 13.0 Å². The van der Waals surface area contributed by atoms with E-state index in [0.717, 1.165) is 41.3 Å². The Labute approximate surface area is 143 Å². The third-order valence-electron chi connectivity index (χ3n) is 4.11. The molecule has 0 spiro atoms. The second kappa shape index (κ2) is 8.47. The number of anilines is 1. The topological polar surface area (TPSA) is 82.7 Å². The fourth-order valence-electron chi connectivity index (χ4n) is 2.54. The van der Waals surface area contributed by atoms with Crippen molar-refractivity contribution in [3.8, 4) is 0 Å². The Kier molecular flexibility index (Phi) is 6.35. The standard InChI is InChI=1S/C18H27N5O/c1-12-6-7-17(21-11-12)19-8-5-9-20-18(24)13(2)10-16-14(3)22-23-15(16)4/h6-7,11,13H,5,8-10H2,1-4H3,(H,19,21)(H,20,24)(H,22,23)/t13-/m1/s1. The molecule has 6 nitrogen and oxygen atoms in total. The third kappa shape index (κ3) is 5.08. The molecule has 130 valence electrons. The minimum absolute atomic E-state index is 0.0632. The van der Waals surface area contributed by atoms with E-state index in [9.17, 15) is 4.79 Å². The Balaban J connectivity index is 1.66. The van der Waals surface area contributed by atoms with Gasteiger partial charge in [-0.1, -0.05) is 13.0 Å². The Morgan fingerprint density at radius 1 is 1.25 bits per heavy atom. The van der Waals surface area contributed by atoms with Crippen molar-refractivity contribution in [2.24, 2.45) is 5.92 Å². The van der Waals surface area contributed by atoms with Gasteiger partial charge in [0.15, 0.2) is 0 Å². The Morgan fingerprint density at radius 2 is 2.04 bits per heavy atom. The Bertz CT molecular complexity index is 643. The minimum Gasteiger partial charge on any atom is -0.370 e. The number of carbonyl (C=O) groups excluding carboxylic acids is 1. The van der Waals surface area contributed by atoms with Gasteiger partial charge in [0.05, 0.1) is 5.69 Å². The zero-order chi connectivity index (χ0) is 17.5. The number of nitrogens with zero attached hydrogens (tertiary/aromatic N) is 2. The summed E-state index contributed by atoms with van der Waals surface area (Å²) in [7, 11) is 0. The minimum atomic E-state index is -0.0632. The second-order valence-electron chi connectivity index (χ2n) is 6.31. The molecule has 2 aromatic heterocycles. The van der Waals surface area contributed by atoms with Gasteiger partial charge in [-0.2, -0.15) is 5.10 Å². The maximum atomic E-state index is 12.2. The lowest BCUT2D eigenvalue weighted by atomic mass is 9.99. The third-order valence-corrected chi connectivity index (χ3v) is 4.11. The van der Waals surface area contributed by atoms with Crippen LogP contribution >= 0.6 is 0 Å². The van der Waals surface area contributed by atoms with Gasteiger partial charge >= 0.3 is 0 Å². The molecule has 0 saturated carbocycles. The van der Waals surface area contributed by atoms with Gasteiger partial charge in [-0.15, -0.1) is 0 Å². The van der Waals surface area contributed by atoms with Crippen molar-refractivity contribution in [3.63, 3.8) is 0 Å². The van der Waals surface area contributed by atoms with Gasteiger partial charge in [-0.3, -0.25) is 9.89 Å². The summed E-state index contributed by atoms with van der Waals surface area (Å²) in [6, 6.07) is 3.99. The van der Waals surface area contributed by atoms with Crippen LogP contribution in [0.3, 0.4) is 0 Å². The number of nitrogens with one attached hydrogen (secondary N) is 3. The van der Waals surface area contributed by atoms with Gasteiger partial charge in [0.1, 0.15) is 5.82 Å². The smallest absolute Gasteiger partial charge is 0.223 e. The Hall–Kier alpha value is -2.37. The summed E-state index contributed by atoms with van der Waals surface area (Å²) in [6.07, 6.45) is 3.41. The summed E-state index contributed by atoms with van der Waals surface area (Å²) in [5, 5.41) is 13.4. The van der Waals surface area contributed by atoms with Crippen LogP contribution in [0.15, 0.2) is 18.3 Å². The van der Waals surface area contributed by atoms with Gasteiger partial charge in [0.25, 0.3) is 0 Å². The lowest BCUT2D eigenvalue weighted by Crippen LogP contribution is -2.32. The van der Waals surface area contributed by atoms with Crippen molar-refractivity contribution in [1.29, 1.82) is 0 Å².